The van der Waals surface area contributed by atoms with Crippen LogP contribution in [0.2, 0.25) is 0 Å². The fourth-order valence-corrected chi connectivity index (χ4v) is 2.98. The second-order valence-electron chi connectivity index (χ2n) is 5.27. The first kappa shape index (κ1) is 12.3. The van der Waals surface area contributed by atoms with Gasteiger partial charge in [-0.3, -0.25) is 0 Å². The predicted octanol–water partition coefficient (Wildman–Crippen LogP) is 3.31. The lowest BCUT2D eigenvalue weighted by atomic mass is 9.86. The van der Waals surface area contributed by atoms with E-state index in [1.165, 1.54) is 17.7 Å². The van der Waals surface area contributed by atoms with Crippen LogP contribution >= 0.6 is 0 Å². The zero-order valence-electron chi connectivity index (χ0n) is 10.5. The molecule has 1 aliphatic carbocycles. The number of nitrogens with two attached hydrogens (primary N) is 1. The van der Waals surface area contributed by atoms with Crippen LogP contribution < -0.4 is 5.73 Å². The second kappa shape index (κ2) is 4.42. The van der Waals surface area contributed by atoms with Gasteiger partial charge in [-0.1, -0.05) is 24.3 Å². The molecule has 0 saturated carbocycles. The van der Waals surface area contributed by atoms with Crippen LogP contribution in [-0.2, 0) is 18.4 Å². The molecule has 19 heavy (non-hydrogen) atoms. The van der Waals surface area contributed by atoms with Gasteiger partial charge in [-0.05, 0) is 48.1 Å². The molecule has 2 N–H and O–H groups in total. The Morgan fingerprint density at radius 1 is 1.05 bits per heavy atom. The van der Waals surface area contributed by atoms with Crippen LogP contribution in [0.15, 0.2) is 42.5 Å². The molecule has 2 aromatic carbocycles. The minimum atomic E-state index is -0.551. The van der Waals surface area contributed by atoms with E-state index >= 15 is 0 Å². The summed E-state index contributed by atoms with van der Waals surface area (Å²) in [5, 5.41) is 0. The Hall–Kier alpha value is -1.74. The van der Waals surface area contributed by atoms with Crippen molar-refractivity contribution < 1.29 is 8.78 Å². The fraction of sp³-hybridized carbons (Fsp3) is 0.250. The predicted molar refractivity (Wildman–Crippen MR) is 70.7 cm³/mol. The summed E-state index contributed by atoms with van der Waals surface area (Å²) in [6.45, 7) is 0. The molecule has 0 bridgehead atoms. The Morgan fingerprint density at radius 3 is 2.47 bits per heavy atom. The van der Waals surface area contributed by atoms with Crippen LogP contribution in [-0.4, -0.2) is 0 Å². The van der Waals surface area contributed by atoms with Gasteiger partial charge in [-0.15, -0.1) is 0 Å². The van der Waals surface area contributed by atoms with Gasteiger partial charge >= 0.3 is 0 Å². The molecule has 0 amide bonds. The largest absolute Gasteiger partial charge is 0.321 e. The molecule has 0 aliphatic heterocycles. The van der Waals surface area contributed by atoms with Crippen molar-refractivity contribution in [2.75, 3.05) is 0 Å². The Bertz CT molecular complexity index is 604. The smallest absolute Gasteiger partial charge is 0.126 e. The van der Waals surface area contributed by atoms with Crippen molar-refractivity contribution in [3.63, 3.8) is 0 Å². The summed E-state index contributed by atoms with van der Waals surface area (Å²) < 4.78 is 26.5. The van der Waals surface area contributed by atoms with Gasteiger partial charge in [0.05, 0.1) is 0 Å². The van der Waals surface area contributed by atoms with E-state index < -0.39 is 17.2 Å². The van der Waals surface area contributed by atoms with Crippen LogP contribution in [0.4, 0.5) is 8.78 Å². The Balaban J connectivity index is 1.95. The van der Waals surface area contributed by atoms with Crippen LogP contribution in [0, 0.1) is 11.6 Å². The van der Waals surface area contributed by atoms with Gasteiger partial charge in [0.2, 0.25) is 0 Å². The van der Waals surface area contributed by atoms with Crippen LogP contribution in [0.5, 0.6) is 0 Å². The quantitative estimate of drug-likeness (QED) is 0.879. The summed E-state index contributed by atoms with van der Waals surface area (Å²) in [6, 6.07) is 11.6. The van der Waals surface area contributed by atoms with Gasteiger partial charge < -0.3 is 5.73 Å². The van der Waals surface area contributed by atoms with Crippen molar-refractivity contribution >= 4 is 0 Å². The SMILES string of the molecule is NC1(Cc2cc(F)cc(F)c2)CCc2ccccc21. The zero-order chi connectivity index (χ0) is 13.5. The summed E-state index contributed by atoms with van der Waals surface area (Å²) in [6.07, 6.45) is 2.19. The molecule has 1 atom stereocenters. The minimum absolute atomic E-state index is 0.457. The Morgan fingerprint density at radius 2 is 1.74 bits per heavy atom. The minimum Gasteiger partial charge on any atom is -0.321 e. The first-order chi connectivity index (χ1) is 9.07. The lowest BCUT2D eigenvalue weighted by Crippen LogP contribution is -2.36. The third-order valence-corrected chi connectivity index (χ3v) is 3.84. The van der Waals surface area contributed by atoms with Crippen LogP contribution in [0.3, 0.4) is 0 Å². The summed E-state index contributed by atoms with van der Waals surface area (Å²) in [7, 11) is 0. The van der Waals surface area contributed by atoms with Crippen LogP contribution in [0.25, 0.3) is 0 Å². The standard InChI is InChI=1S/C16H15F2N/c17-13-7-11(8-14(18)9-13)10-16(19)6-5-12-3-1-2-4-15(12)16/h1-4,7-9H,5-6,10,19H2. The number of hydrogen-bond acceptors (Lipinski definition) is 1. The molecule has 0 fully saturated rings. The van der Waals surface area contributed by atoms with E-state index in [0.717, 1.165) is 24.5 Å². The maximum atomic E-state index is 13.2. The van der Waals surface area contributed by atoms with E-state index in [1.807, 2.05) is 18.2 Å². The normalized spacial score (nSPS) is 21.4. The van der Waals surface area contributed by atoms with Crippen molar-refractivity contribution in [3.8, 4) is 0 Å². The maximum Gasteiger partial charge on any atom is 0.126 e. The highest BCUT2D eigenvalue weighted by Gasteiger charge is 2.34. The molecule has 3 heteroatoms. The highest BCUT2D eigenvalue weighted by Crippen LogP contribution is 2.37. The molecule has 98 valence electrons. The monoisotopic (exact) mass is 259 g/mol. The molecule has 0 heterocycles. The summed E-state index contributed by atoms with van der Waals surface area (Å²) >= 11 is 0. The lowest BCUT2D eigenvalue weighted by Gasteiger charge is -2.25. The second-order valence-corrected chi connectivity index (χ2v) is 5.27. The van der Waals surface area contributed by atoms with E-state index in [9.17, 15) is 8.78 Å². The third-order valence-electron chi connectivity index (χ3n) is 3.84. The molecule has 3 rings (SSSR count). The molecule has 0 spiro atoms. The highest BCUT2D eigenvalue weighted by atomic mass is 19.1. The van der Waals surface area contributed by atoms with E-state index in [1.54, 1.807) is 0 Å². The van der Waals surface area contributed by atoms with E-state index in [2.05, 4.69) is 6.07 Å². The van der Waals surface area contributed by atoms with Gasteiger partial charge in [0.15, 0.2) is 0 Å². The fourth-order valence-electron chi connectivity index (χ4n) is 2.98. The Kier molecular flexibility index (Phi) is 2.86. The zero-order valence-corrected chi connectivity index (χ0v) is 10.5. The molecule has 0 radical (unpaired) electrons. The highest BCUT2D eigenvalue weighted by molar-refractivity contribution is 5.40. The molecule has 1 aliphatic rings. The van der Waals surface area contributed by atoms with Gasteiger partial charge in [0.1, 0.15) is 11.6 Å². The van der Waals surface area contributed by atoms with E-state index in [-0.39, 0.29) is 0 Å². The molecule has 2 aromatic rings. The van der Waals surface area contributed by atoms with E-state index in [0.29, 0.717) is 12.0 Å². The van der Waals surface area contributed by atoms with Crippen molar-refractivity contribution in [2.45, 2.75) is 24.8 Å². The third kappa shape index (κ3) is 2.26. The van der Waals surface area contributed by atoms with E-state index in [4.69, 9.17) is 5.73 Å². The van der Waals surface area contributed by atoms with Crippen molar-refractivity contribution in [1.29, 1.82) is 0 Å². The van der Waals surface area contributed by atoms with Gasteiger partial charge in [0.25, 0.3) is 0 Å². The Labute approximate surface area is 111 Å². The summed E-state index contributed by atoms with van der Waals surface area (Å²) in [4.78, 5) is 0. The average Bonchev–Trinajstić information content (AvgIpc) is 2.66. The van der Waals surface area contributed by atoms with Gasteiger partial charge in [-0.25, -0.2) is 8.78 Å². The number of fused-ring (bicyclic) bond motifs is 1. The summed E-state index contributed by atoms with van der Waals surface area (Å²) in [5.74, 6) is -1.10. The molecule has 1 unspecified atom stereocenters. The molecule has 1 nitrogen and oxygen atoms in total. The molecular formula is C16H15F2N. The maximum absolute atomic E-state index is 13.2. The van der Waals surface area contributed by atoms with Crippen molar-refractivity contribution in [2.24, 2.45) is 5.73 Å². The molecular weight excluding hydrogens is 244 g/mol. The van der Waals surface area contributed by atoms with Gasteiger partial charge in [0, 0.05) is 11.6 Å². The molecule has 0 saturated heterocycles. The van der Waals surface area contributed by atoms with Crippen molar-refractivity contribution in [1.82, 2.24) is 0 Å². The van der Waals surface area contributed by atoms with Gasteiger partial charge in [-0.2, -0.15) is 0 Å². The number of halogens is 2. The number of benzene rings is 2. The number of rotatable bonds is 2. The summed E-state index contributed by atoms with van der Waals surface area (Å²) in [5.41, 5.74) is 8.88. The topological polar surface area (TPSA) is 26.0 Å². The van der Waals surface area contributed by atoms with Crippen LogP contribution in [0.1, 0.15) is 23.1 Å². The number of aryl methyl sites for hydroxylation is 1. The lowest BCUT2D eigenvalue weighted by molar-refractivity contribution is 0.436. The van der Waals surface area contributed by atoms with Crippen molar-refractivity contribution in [3.05, 3.63) is 70.8 Å². The molecule has 0 aromatic heterocycles. The number of hydrogen-bond donors (Lipinski definition) is 1. The average molecular weight is 259 g/mol. The first-order valence-corrected chi connectivity index (χ1v) is 6.39. The first-order valence-electron chi connectivity index (χ1n) is 6.39.